The number of nitrogens with zero attached hydrogens (tertiary/aromatic N) is 3. The first-order chi connectivity index (χ1) is 11.4. The minimum atomic E-state index is -0.684. The summed E-state index contributed by atoms with van der Waals surface area (Å²) in [5.74, 6) is -0.0382. The van der Waals surface area contributed by atoms with Crippen molar-refractivity contribution in [2.75, 3.05) is 7.05 Å². The zero-order valence-electron chi connectivity index (χ0n) is 13.5. The summed E-state index contributed by atoms with van der Waals surface area (Å²) >= 11 is 0. The van der Waals surface area contributed by atoms with Gasteiger partial charge in [-0.1, -0.05) is 12.1 Å². The molecule has 24 heavy (non-hydrogen) atoms. The first-order valence-corrected chi connectivity index (χ1v) is 7.52. The number of amides is 1. The lowest BCUT2D eigenvalue weighted by molar-refractivity contribution is -0.129. The Morgan fingerprint density at radius 3 is 2.83 bits per heavy atom. The van der Waals surface area contributed by atoms with Crippen molar-refractivity contribution < 1.29 is 4.79 Å². The van der Waals surface area contributed by atoms with Gasteiger partial charge in [0.2, 0.25) is 5.91 Å². The zero-order chi connectivity index (χ0) is 17.3. The highest BCUT2D eigenvalue weighted by atomic mass is 16.2. The summed E-state index contributed by atoms with van der Waals surface area (Å²) in [6, 6.07) is 11.4. The van der Waals surface area contributed by atoms with Crippen molar-refractivity contribution in [3.8, 4) is 17.2 Å². The quantitative estimate of drug-likeness (QED) is 0.887. The van der Waals surface area contributed by atoms with Gasteiger partial charge < -0.3 is 5.32 Å². The number of carbonyl (C=O) groups excluding carboxylic acids is 1. The molecule has 6 heteroatoms. The molecule has 3 rings (SSSR count). The molecule has 1 atom stereocenters. The fraction of sp³-hybridized carbons (Fsp3) is 0.222. The van der Waals surface area contributed by atoms with Crippen LogP contribution in [0.15, 0.2) is 42.7 Å². The average Bonchev–Trinajstić information content (AvgIpc) is 2.60. The van der Waals surface area contributed by atoms with E-state index in [1.165, 1.54) is 4.90 Å². The van der Waals surface area contributed by atoms with Crippen molar-refractivity contribution >= 4 is 11.9 Å². The lowest BCUT2D eigenvalue weighted by atomic mass is 9.86. The number of carbonyl (C=O) groups is 1. The molecule has 1 aliphatic heterocycles. The predicted molar refractivity (Wildman–Crippen MR) is 90.0 cm³/mol. The van der Waals surface area contributed by atoms with Gasteiger partial charge in [-0.25, -0.2) is 0 Å². The van der Waals surface area contributed by atoms with Gasteiger partial charge in [-0.05, 0) is 36.2 Å². The molecule has 6 nitrogen and oxygen atoms in total. The van der Waals surface area contributed by atoms with E-state index >= 15 is 0 Å². The van der Waals surface area contributed by atoms with Crippen molar-refractivity contribution in [1.29, 1.82) is 10.7 Å². The Labute approximate surface area is 140 Å². The Morgan fingerprint density at radius 2 is 2.12 bits per heavy atom. The number of pyridine rings is 1. The molecule has 2 aromatic rings. The van der Waals surface area contributed by atoms with E-state index < -0.39 is 5.54 Å². The average molecular weight is 319 g/mol. The number of benzene rings is 1. The van der Waals surface area contributed by atoms with Crippen LogP contribution in [-0.2, 0) is 10.3 Å². The van der Waals surface area contributed by atoms with E-state index in [1.807, 2.05) is 25.1 Å². The molecule has 0 spiro atoms. The smallest absolute Gasteiger partial charge is 0.231 e. The number of guanidine groups is 1. The fourth-order valence-corrected chi connectivity index (χ4v) is 2.78. The van der Waals surface area contributed by atoms with Crippen LogP contribution in [-0.4, -0.2) is 28.8 Å². The summed E-state index contributed by atoms with van der Waals surface area (Å²) in [4.78, 5) is 17.7. The second kappa shape index (κ2) is 5.78. The number of nitrogens with one attached hydrogen (secondary N) is 2. The van der Waals surface area contributed by atoms with E-state index in [0.29, 0.717) is 5.56 Å². The molecule has 1 saturated heterocycles. The molecule has 120 valence electrons. The van der Waals surface area contributed by atoms with Gasteiger partial charge in [0.05, 0.1) is 23.6 Å². The molecule has 1 aromatic heterocycles. The van der Waals surface area contributed by atoms with Gasteiger partial charge in [-0.2, -0.15) is 5.26 Å². The molecule has 1 aromatic carbocycles. The molecule has 1 amide bonds. The highest BCUT2D eigenvalue weighted by Crippen LogP contribution is 2.31. The normalized spacial score (nSPS) is 20.5. The van der Waals surface area contributed by atoms with Gasteiger partial charge in [-0.3, -0.25) is 20.1 Å². The van der Waals surface area contributed by atoms with E-state index in [2.05, 4.69) is 16.4 Å². The number of hydrogen-bond donors (Lipinski definition) is 2. The predicted octanol–water partition coefficient (Wildman–Crippen LogP) is 2.22. The summed E-state index contributed by atoms with van der Waals surface area (Å²) in [6.45, 7) is 1.89. The Kier molecular flexibility index (Phi) is 3.78. The number of nitriles is 1. The standard InChI is InChI=1S/C18H17N5O/c1-18(8-16(24)23(2)17(20)22-18)15-7-14(10-21-11-15)13-5-3-4-12(6-13)9-19/h3-7,10-11H,8H2,1-2H3,(H2,20,22)/t18-/m0/s1. The minimum absolute atomic E-state index is 0.0747. The Balaban J connectivity index is 2.00. The van der Waals surface area contributed by atoms with Crippen molar-refractivity contribution in [2.24, 2.45) is 0 Å². The van der Waals surface area contributed by atoms with Gasteiger partial charge in [0, 0.05) is 25.0 Å². The molecular weight excluding hydrogens is 302 g/mol. The maximum atomic E-state index is 12.1. The second-order valence-corrected chi connectivity index (χ2v) is 6.09. The Hall–Kier alpha value is -3.20. The third kappa shape index (κ3) is 2.72. The SMILES string of the molecule is CN1C(=N)N[C@](C)(c2cncc(-c3cccc(C#N)c3)c2)CC1=O. The third-order valence-electron chi connectivity index (χ3n) is 4.31. The van der Waals surface area contributed by atoms with Crippen molar-refractivity contribution in [3.05, 3.63) is 53.9 Å². The molecular formula is C18H17N5O. The van der Waals surface area contributed by atoms with Crippen molar-refractivity contribution in [2.45, 2.75) is 18.9 Å². The second-order valence-electron chi connectivity index (χ2n) is 6.09. The van der Waals surface area contributed by atoms with E-state index in [1.54, 1.807) is 31.6 Å². The Morgan fingerprint density at radius 1 is 1.33 bits per heavy atom. The summed E-state index contributed by atoms with van der Waals surface area (Å²) in [5, 5.41) is 20.1. The summed E-state index contributed by atoms with van der Waals surface area (Å²) < 4.78 is 0. The molecule has 0 saturated carbocycles. The maximum Gasteiger partial charge on any atom is 0.231 e. The van der Waals surface area contributed by atoms with E-state index in [4.69, 9.17) is 10.7 Å². The first-order valence-electron chi connectivity index (χ1n) is 7.52. The molecule has 1 fully saturated rings. The molecule has 0 radical (unpaired) electrons. The highest BCUT2D eigenvalue weighted by Gasteiger charge is 2.38. The largest absolute Gasteiger partial charge is 0.346 e. The van der Waals surface area contributed by atoms with Gasteiger partial charge >= 0.3 is 0 Å². The van der Waals surface area contributed by atoms with Crippen LogP contribution < -0.4 is 5.32 Å². The van der Waals surface area contributed by atoms with E-state index in [0.717, 1.165) is 16.7 Å². The summed E-state index contributed by atoms with van der Waals surface area (Å²) in [6.07, 6.45) is 3.68. The fourth-order valence-electron chi connectivity index (χ4n) is 2.78. The van der Waals surface area contributed by atoms with Crippen molar-refractivity contribution in [3.63, 3.8) is 0 Å². The van der Waals surface area contributed by atoms with Crippen LogP contribution in [0.1, 0.15) is 24.5 Å². The summed E-state index contributed by atoms with van der Waals surface area (Å²) in [5.41, 5.74) is 2.48. The monoisotopic (exact) mass is 319 g/mol. The van der Waals surface area contributed by atoms with E-state index in [9.17, 15) is 4.79 Å². The molecule has 2 heterocycles. The van der Waals surface area contributed by atoms with Crippen LogP contribution in [0.5, 0.6) is 0 Å². The molecule has 1 aliphatic rings. The maximum absolute atomic E-state index is 12.1. The van der Waals surface area contributed by atoms with Gasteiger partial charge in [0.15, 0.2) is 5.96 Å². The molecule has 0 unspecified atom stereocenters. The lowest BCUT2D eigenvalue weighted by Gasteiger charge is -2.39. The van der Waals surface area contributed by atoms with Crippen LogP contribution in [0.3, 0.4) is 0 Å². The lowest BCUT2D eigenvalue weighted by Crippen LogP contribution is -2.58. The van der Waals surface area contributed by atoms with E-state index in [-0.39, 0.29) is 18.3 Å². The third-order valence-corrected chi connectivity index (χ3v) is 4.31. The Bertz CT molecular complexity index is 850. The van der Waals surface area contributed by atoms with Crippen molar-refractivity contribution in [1.82, 2.24) is 15.2 Å². The van der Waals surface area contributed by atoms with Gasteiger partial charge in [-0.15, -0.1) is 0 Å². The van der Waals surface area contributed by atoms with Crippen LogP contribution in [0.4, 0.5) is 0 Å². The number of hydrogen-bond acceptors (Lipinski definition) is 4. The van der Waals surface area contributed by atoms with Crippen LogP contribution in [0.25, 0.3) is 11.1 Å². The van der Waals surface area contributed by atoms with Crippen LogP contribution in [0, 0.1) is 16.7 Å². The summed E-state index contributed by atoms with van der Waals surface area (Å²) in [7, 11) is 1.58. The van der Waals surface area contributed by atoms with Gasteiger partial charge in [0.1, 0.15) is 0 Å². The molecule has 0 aliphatic carbocycles. The molecule has 0 bridgehead atoms. The van der Waals surface area contributed by atoms with Gasteiger partial charge in [0.25, 0.3) is 0 Å². The van der Waals surface area contributed by atoms with Crippen LogP contribution in [0.2, 0.25) is 0 Å². The van der Waals surface area contributed by atoms with Crippen LogP contribution >= 0.6 is 0 Å². The molecule has 2 N–H and O–H groups in total. The first kappa shape index (κ1) is 15.7. The highest BCUT2D eigenvalue weighted by molar-refractivity contribution is 5.98. The number of rotatable bonds is 2. The zero-order valence-corrected chi connectivity index (χ0v) is 13.5. The topological polar surface area (TPSA) is 92.9 Å². The minimum Gasteiger partial charge on any atom is -0.346 e. The number of aromatic nitrogens is 1.